The minimum absolute atomic E-state index is 0.0177. The summed E-state index contributed by atoms with van der Waals surface area (Å²) in [4.78, 5) is 2.35. The molecule has 1 aromatic carbocycles. The first-order valence-corrected chi connectivity index (χ1v) is 8.24. The van der Waals surface area contributed by atoms with E-state index in [2.05, 4.69) is 25.6 Å². The van der Waals surface area contributed by atoms with Gasteiger partial charge in [0, 0.05) is 12.6 Å². The van der Waals surface area contributed by atoms with Gasteiger partial charge in [0.25, 0.3) is 0 Å². The summed E-state index contributed by atoms with van der Waals surface area (Å²) in [5.74, 6) is 0.611. The average molecular weight is 349 g/mol. The number of likely N-dealkylation sites (tertiary alicyclic amines) is 1. The predicted octanol–water partition coefficient (Wildman–Crippen LogP) is 1.44. The first-order valence-electron chi connectivity index (χ1n) is 5.97. The zero-order valence-corrected chi connectivity index (χ0v) is 13.3. The van der Waals surface area contributed by atoms with Gasteiger partial charge in [0.15, 0.2) is 0 Å². The molecular weight excluding hydrogens is 332 g/mol. The third-order valence-electron chi connectivity index (χ3n) is 3.15. The van der Waals surface area contributed by atoms with E-state index in [9.17, 15) is 8.42 Å². The van der Waals surface area contributed by atoms with E-state index in [0.717, 1.165) is 19.5 Å². The van der Waals surface area contributed by atoms with Gasteiger partial charge in [0.2, 0.25) is 10.0 Å². The minimum atomic E-state index is -3.48. The van der Waals surface area contributed by atoms with Gasteiger partial charge in [0.1, 0.15) is 5.75 Å². The summed E-state index contributed by atoms with van der Waals surface area (Å²) < 4.78 is 33.0. The molecule has 1 fully saturated rings. The minimum Gasteiger partial charge on any atom is -0.496 e. The van der Waals surface area contributed by atoms with Crippen LogP contribution in [0.1, 0.15) is 6.42 Å². The smallest absolute Gasteiger partial charge is 0.240 e. The SMILES string of the molecule is COc1ccc(S(=O)(=O)NC2CCN(C)C2)cc1Br. The fraction of sp³-hybridized carbons (Fsp3) is 0.500. The van der Waals surface area contributed by atoms with Gasteiger partial charge in [-0.3, -0.25) is 0 Å². The highest BCUT2D eigenvalue weighted by molar-refractivity contribution is 9.10. The van der Waals surface area contributed by atoms with Crippen LogP contribution < -0.4 is 9.46 Å². The number of methoxy groups -OCH3 is 1. The van der Waals surface area contributed by atoms with Gasteiger partial charge in [-0.1, -0.05) is 0 Å². The molecule has 0 aliphatic carbocycles. The molecule has 0 amide bonds. The quantitative estimate of drug-likeness (QED) is 0.894. The lowest BCUT2D eigenvalue weighted by atomic mass is 10.3. The van der Waals surface area contributed by atoms with E-state index < -0.39 is 10.0 Å². The number of nitrogens with one attached hydrogen (secondary N) is 1. The molecule has 0 bridgehead atoms. The van der Waals surface area contributed by atoms with Crippen LogP contribution >= 0.6 is 15.9 Å². The third kappa shape index (κ3) is 3.47. The Hall–Kier alpha value is -0.630. The monoisotopic (exact) mass is 348 g/mol. The largest absolute Gasteiger partial charge is 0.496 e. The molecule has 0 radical (unpaired) electrons. The molecule has 1 saturated heterocycles. The van der Waals surface area contributed by atoms with Gasteiger partial charge in [-0.15, -0.1) is 0 Å². The maximum atomic E-state index is 12.3. The van der Waals surface area contributed by atoms with Crippen LogP contribution in [0.25, 0.3) is 0 Å². The van der Waals surface area contributed by atoms with Crippen LogP contribution in [0, 0.1) is 0 Å². The van der Waals surface area contributed by atoms with Gasteiger partial charge < -0.3 is 9.64 Å². The first-order chi connectivity index (χ1) is 8.92. The highest BCUT2D eigenvalue weighted by Crippen LogP contribution is 2.27. The van der Waals surface area contributed by atoms with Crippen molar-refractivity contribution in [2.75, 3.05) is 27.2 Å². The van der Waals surface area contributed by atoms with Gasteiger partial charge in [-0.05, 0) is 54.1 Å². The lowest BCUT2D eigenvalue weighted by Crippen LogP contribution is -2.36. The fourth-order valence-electron chi connectivity index (χ4n) is 2.13. The molecule has 19 heavy (non-hydrogen) atoms. The number of hydrogen-bond acceptors (Lipinski definition) is 4. The second kappa shape index (κ2) is 5.78. The number of halogens is 1. The van der Waals surface area contributed by atoms with E-state index >= 15 is 0 Å². The normalized spacial score (nSPS) is 20.7. The van der Waals surface area contributed by atoms with Gasteiger partial charge in [-0.2, -0.15) is 0 Å². The molecular formula is C12H17BrN2O3S. The molecule has 106 valence electrons. The van der Waals surface area contributed by atoms with Crippen LogP contribution in [0.3, 0.4) is 0 Å². The lowest BCUT2D eigenvalue weighted by Gasteiger charge is -2.14. The number of hydrogen-bond donors (Lipinski definition) is 1. The van der Waals surface area contributed by atoms with Crippen molar-refractivity contribution in [3.63, 3.8) is 0 Å². The lowest BCUT2D eigenvalue weighted by molar-refractivity contribution is 0.407. The number of likely N-dealkylation sites (N-methyl/N-ethyl adjacent to an activating group) is 1. The van der Waals surface area contributed by atoms with Crippen molar-refractivity contribution in [2.24, 2.45) is 0 Å². The summed E-state index contributed by atoms with van der Waals surface area (Å²) in [6, 6.07) is 4.72. The van der Waals surface area contributed by atoms with Crippen molar-refractivity contribution < 1.29 is 13.2 Å². The molecule has 0 saturated carbocycles. The summed E-state index contributed by atoms with van der Waals surface area (Å²) in [6.07, 6.45) is 0.840. The van der Waals surface area contributed by atoms with Gasteiger partial charge in [-0.25, -0.2) is 13.1 Å². The number of ether oxygens (including phenoxy) is 1. The highest BCUT2D eigenvalue weighted by Gasteiger charge is 2.25. The van der Waals surface area contributed by atoms with Crippen LogP contribution in [0.2, 0.25) is 0 Å². The van der Waals surface area contributed by atoms with Crippen LogP contribution in [0.4, 0.5) is 0 Å². The summed E-state index contributed by atoms with van der Waals surface area (Å²) in [5, 5.41) is 0. The molecule has 1 aliphatic heterocycles. The maximum absolute atomic E-state index is 12.3. The van der Waals surface area contributed by atoms with Gasteiger partial charge >= 0.3 is 0 Å². The average Bonchev–Trinajstić information content (AvgIpc) is 2.73. The second-order valence-electron chi connectivity index (χ2n) is 4.67. The zero-order valence-electron chi connectivity index (χ0n) is 10.9. The molecule has 1 aliphatic rings. The summed E-state index contributed by atoms with van der Waals surface area (Å²) >= 11 is 3.30. The molecule has 7 heteroatoms. The van der Waals surface area contributed by atoms with Crippen LogP contribution in [-0.4, -0.2) is 46.6 Å². The Balaban J connectivity index is 2.17. The summed E-state index contributed by atoms with van der Waals surface area (Å²) in [6.45, 7) is 1.66. The van der Waals surface area contributed by atoms with E-state index in [-0.39, 0.29) is 10.9 Å². The zero-order chi connectivity index (χ0) is 14.0. The molecule has 0 spiro atoms. The standard InChI is InChI=1S/C12H17BrN2O3S/c1-15-6-5-9(8-15)14-19(16,17)10-3-4-12(18-2)11(13)7-10/h3-4,7,9,14H,5-6,8H2,1-2H3. The molecule has 1 heterocycles. The van der Waals surface area contributed by atoms with Crippen LogP contribution in [0.5, 0.6) is 5.75 Å². The van der Waals surface area contributed by atoms with E-state index in [0.29, 0.717) is 10.2 Å². The molecule has 1 N–H and O–H groups in total. The van der Waals surface area contributed by atoms with Crippen LogP contribution in [-0.2, 0) is 10.0 Å². The van der Waals surface area contributed by atoms with Crippen molar-refractivity contribution in [2.45, 2.75) is 17.4 Å². The van der Waals surface area contributed by atoms with E-state index in [4.69, 9.17) is 4.74 Å². The topological polar surface area (TPSA) is 58.6 Å². The molecule has 1 aromatic rings. The molecule has 5 nitrogen and oxygen atoms in total. The second-order valence-corrected chi connectivity index (χ2v) is 7.23. The summed E-state index contributed by atoms with van der Waals surface area (Å²) in [5.41, 5.74) is 0. The van der Waals surface area contributed by atoms with E-state index in [1.807, 2.05) is 7.05 Å². The first kappa shape index (κ1) is 14.8. The number of sulfonamides is 1. The van der Waals surface area contributed by atoms with Crippen molar-refractivity contribution in [3.8, 4) is 5.75 Å². The number of nitrogens with zero attached hydrogens (tertiary/aromatic N) is 1. The Labute approximate surface area is 122 Å². The predicted molar refractivity (Wildman–Crippen MR) is 76.9 cm³/mol. The Morgan fingerprint density at radius 3 is 2.74 bits per heavy atom. The Morgan fingerprint density at radius 2 is 2.21 bits per heavy atom. The number of rotatable bonds is 4. The third-order valence-corrected chi connectivity index (χ3v) is 5.28. The molecule has 0 aromatic heterocycles. The van der Waals surface area contributed by atoms with Crippen molar-refractivity contribution >= 4 is 26.0 Å². The van der Waals surface area contributed by atoms with Gasteiger partial charge in [0.05, 0.1) is 16.5 Å². The maximum Gasteiger partial charge on any atom is 0.240 e. The Bertz CT molecular complexity index is 562. The fourth-order valence-corrected chi connectivity index (χ4v) is 4.11. The van der Waals surface area contributed by atoms with Crippen molar-refractivity contribution in [3.05, 3.63) is 22.7 Å². The Morgan fingerprint density at radius 1 is 1.47 bits per heavy atom. The Kier molecular flexibility index (Phi) is 4.50. The van der Waals surface area contributed by atoms with Crippen molar-refractivity contribution in [1.82, 2.24) is 9.62 Å². The molecule has 2 rings (SSSR count). The highest BCUT2D eigenvalue weighted by atomic mass is 79.9. The van der Waals surface area contributed by atoms with Crippen molar-refractivity contribution in [1.29, 1.82) is 0 Å². The molecule has 1 atom stereocenters. The number of benzene rings is 1. The summed E-state index contributed by atoms with van der Waals surface area (Å²) in [7, 11) is 0.0501. The van der Waals surface area contributed by atoms with Crippen LogP contribution in [0.15, 0.2) is 27.6 Å². The van der Waals surface area contributed by atoms with E-state index in [1.165, 1.54) is 0 Å². The molecule has 1 unspecified atom stereocenters. The van der Waals surface area contributed by atoms with E-state index in [1.54, 1.807) is 25.3 Å².